The smallest absolute Gasteiger partial charge is 0.340 e. The molecule has 0 unspecified atom stereocenters. The summed E-state index contributed by atoms with van der Waals surface area (Å²) in [6.45, 7) is 0. The van der Waals surface area contributed by atoms with Gasteiger partial charge in [0.1, 0.15) is 0 Å². The first-order valence-corrected chi connectivity index (χ1v) is 3.10. The van der Waals surface area contributed by atoms with Gasteiger partial charge in [0.25, 0.3) is 5.91 Å². The Morgan fingerprint density at radius 1 is 1.45 bits per heavy atom. The number of amides is 1. The zero-order valence-corrected chi connectivity index (χ0v) is 6.56. The lowest BCUT2D eigenvalue weighted by Gasteiger charge is -2.02. The van der Waals surface area contributed by atoms with Gasteiger partial charge in [-0.05, 0) is 0 Å². The van der Waals surface area contributed by atoms with Crippen LogP contribution in [0.1, 0.15) is 0 Å². The average molecular weight is 203 g/mol. The normalized spacial score (nSPS) is 9.09. The fraction of sp³-hybridized carbons (Fsp3) is 0.333. The van der Waals surface area contributed by atoms with E-state index in [0.29, 0.717) is 0 Å². The highest BCUT2D eigenvalue weighted by Gasteiger charge is 2.13. The molecule has 0 bridgehead atoms. The molecule has 0 heterocycles. The van der Waals surface area contributed by atoms with E-state index >= 15 is 0 Å². The first kappa shape index (κ1) is 10.3. The molecular weight excluding hydrogens is 199 g/mol. The third kappa shape index (κ3) is 4.65. The van der Waals surface area contributed by atoms with Crippen LogP contribution in [0.5, 0.6) is 0 Å². The van der Waals surface area contributed by atoms with Crippen molar-refractivity contribution in [1.29, 1.82) is 0 Å². The summed E-state index contributed by atoms with van der Waals surface area (Å²) >= 11 is 10.1. The van der Waals surface area contributed by atoms with E-state index < -0.39 is 16.9 Å². The van der Waals surface area contributed by atoms with Crippen molar-refractivity contribution in [1.82, 2.24) is 5.48 Å². The number of carbonyl (C=O) groups excluding carboxylic acids is 2. The van der Waals surface area contributed by atoms with E-state index in [-0.39, 0.29) is 0 Å². The molecule has 0 aromatic rings. The van der Waals surface area contributed by atoms with Gasteiger partial charge in [-0.2, -0.15) is 16.2 Å². The minimum Gasteiger partial charge on any atom is -0.340 e. The van der Waals surface area contributed by atoms with E-state index in [9.17, 15) is 9.59 Å². The van der Waals surface area contributed by atoms with Gasteiger partial charge in [0, 0.05) is 0 Å². The number of nitrogens with one attached hydrogen (secondary N) is 1. The maximum Gasteiger partial charge on any atom is 0.552 e. The molecular formula is C3H4Cl2N2O4. The van der Waals surface area contributed by atoms with E-state index in [0.717, 1.165) is 0 Å². The third-order valence-corrected chi connectivity index (χ3v) is 0.926. The zero-order valence-electron chi connectivity index (χ0n) is 5.04. The Morgan fingerprint density at radius 3 is 2.36 bits per heavy atom. The molecule has 0 saturated carbocycles. The van der Waals surface area contributed by atoms with Crippen LogP contribution in [0.2, 0.25) is 0 Å². The molecule has 0 spiro atoms. The van der Waals surface area contributed by atoms with Gasteiger partial charge in [0.05, 0.1) is 0 Å². The van der Waals surface area contributed by atoms with Gasteiger partial charge in [-0.15, -0.1) is 0 Å². The first-order chi connectivity index (χ1) is 5.07. The van der Waals surface area contributed by atoms with E-state index in [4.69, 9.17) is 23.2 Å². The molecule has 0 aliphatic heterocycles. The number of halogens is 2. The molecule has 0 aromatic heterocycles. The van der Waals surface area contributed by atoms with Crippen molar-refractivity contribution < 1.29 is 19.3 Å². The van der Waals surface area contributed by atoms with E-state index in [1.54, 1.807) is 5.48 Å². The van der Waals surface area contributed by atoms with Crippen LogP contribution in [0.3, 0.4) is 0 Å². The second kappa shape index (κ2) is 5.00. The summed E-state index contributed by atoms with van der Waals surface area (Å²) in [4.78, 5) is 26.5. The summed E-state index contributed by atoms with van der Waals surface area (Å²) in [5.74, 6) is 3.45. The van der Waals surface area contributed by atoms with Crippen molar-refractivity contribution in [2.24, 2.45) is 5.90 Å². The molecule has 0 rings (SSSR count). The number of alkyl halides is 2. The van der Waals surface area contributed by atoms with Crippen molar-refractivity contribution in [3.8, 4) is 0 Å². The largest absolute Gasteiger partial charge is 0.552 e. The molecule has 0 aliphatic carbocycles. The lowest BCUT2D eigenvalue weighted by Crippen LogP contribution is -2.32. The summed E-state index contributed by atoms with van der Waals surface area (Å²) in [6.07, 6.45) is -1.27. The average Bonchev–Trinajstić information content (AvgIpc) is 1.99. The molecule has 1 amide bonds. The van der Waals surface area contributed by atoms with Crippen molar-refractivity contribution in [3.05, 3.63) is 0 Å². The van der Waals surface area contributed by atoms with Gasteiger partial charge in [-0.1, -0.05) is 23.2 Å². The van der Waals surface area contributed by atoms with E-state index in [1.165, 1.54) is 0 Å². The van der Waals surface area contributed by atoms with Crippen LogP contribution in [0.4, 0.5) is 4.79 Å². The first-order valence-electron chi connectivity index (χ1n) is 2.23. The molecule has 64 valence electrons. The number of hydrogen-bond donors (Lipinski definition) is 2. The number of carbonyl (C=O) groups is 2. The van der Waals surface area contributed by atoms with Crippen LogP contribution in [0.15, 0.2) is 0 Å². The van der Waals surface area contributed by atoms with Crippen LogP contribution in [-0.4, -0.2) is 16.9 Å². The molecule has 11 heavy (non-hydrogen) atoms. The predicted octanol–water partition coefficient (Wildman–Crippen LogP) is -0.152. The molecule has 0 fully saturated rings. The van der Waals surface area contributed by atoms with Gasteiger partial charge in [-0.25, -0.2) is 0 Å². The Kier molecular flexibility index (Phi) is 4.67. The molecule has 0 radical (unpaired) electrons. The molecule has 0 aromatic carbocycles. The molecule has 3 N–H and O–H groups in total. The molecule has 8 heteroatoms. The van der Waals surface area contributed by atoms with Gasteiger partial charge in [0.15, 0.2) is 4.84 Å². The summed E-state index contributed by atoms with van der Waals surface area (Å²) < 4.78 is 0. The fourth-order valence-electron chi connectivity index (χ4n) is 0.161. The van der Waals surface area contributed by atoms with Crippen molar-refractivity contribution in [2.45, 2.75) is 4.84 Å². The van der Waals surface area contributed by atoms with Crippen molar-refractivity contribution in [2.75, 3.05) is 0 Å². The highest BCUT2D eigenvalue weighted by atomic mass is 35.5. The number of nitrogens with two attached hydrogens (primary N) is 1. The minimum absolute atomic E-state index is 0.890. The number of rotatable bonds is 1. The van der Waals surface area contributed by atoms with Crippen molar-refractivity contribution >= 4 is 35.3 Å². The monoisotopic (exact) mass is 202 g/mol. The maximum atomic E-state index is 10.4. The molecule has 6 nitrogen and oxygen atoms in total. The molecule has 0 atom stereocenters. The summed E-state index contributed by atoms with van der Waals surface area (Å²) in [6, 6.07) is 0. The zero-order chi connectivity index (χ0) is 8.85. The minimum atomic E-state index is -1.32. The van der Waals surface area contributed by atoms with Crippen LogP contribution in [-0.2, 0) is 14.5 Å². The summed E-state index contributed by atoms with van der Waals surface area (Å²) in [5, 5.41) is 0. The standard InChI is InChI=1S/C3H4Cl2N2O4/c4-1(5)2(8)7-11-3(9)10-6/h1H,6H2,(H,7,8). The maximum absolute atomic E-state index is 10.4. The molecule has 0 saturated heterocycles. The number of hydrogen-bond acceptors (Lipinski definition) is 5. The second-order valence-electron chi connectivity index (χ2n) is 1.24. The lowest BCUT2D eigenvalue weighted by molar-refractivity contribution is -0.129. The highest BCUT2D eigenvalue weighted by molar-refractivity contribution is 6.53. The lowest BCUT2D eigenvalue weighted by atomic mass is 10.7. The summed E-state index contributed by atoms with van der Waals surface area (Å²) in [7, 11) is 0. The Bertz CT molecular complexity index is 161. The Morgan fingerprint density at radius 2 is 2.00 bits per heavy atom. The fourth-order valence-corrected chi connectivity index (χ4v) is 0.250. The third-order valence-electron chi connectivity index (χ3n) is 0.529. The van der Waals surface area contributed by atoms with Gasteiger partial charge >= 0.3 is 6.16 Å². The van der Waals surface area contributed by atoms with Gasteiger partial charge in [-0.3, -0.25) is 4.79 Å². The SMILES string of the molecule is NOC(=O)ONC(=O)C(Cl)Cl. The van der Waals surface area contributed by atoms with Crippen molar-refractivity contribution in [3.63, 3.8) is 0 Å². The van der Waals surface area contributed by atoms with Crippen LogP contribution < -0.4 is 11.4 Å². The van der Waals surface area contributed by atoms with Crippen LogP contribution in [0.25, 0.3) is 0 Å². The highest BCUT2D eigenvalue weighted by Crippen LogP contribution is 1.99. The Balaban J connectivity index is 3.54. The topological polar surface area (TPSA) is 90.7 Å². The molecule has 0 aliphatic rings. The quantitative estimate of drug-likeness (QED) is 0.456. The van der Waals surface area contributed by atoms with Crippen LogP contribution in [0, 0.1) is 0 Å². The number of hydroxylamine groups is 1. The summed E-state index contributed by atoms with van der Waals surface area (Å²) in [5.41, 5.74) is 1.58. The van der Waals surface area contributed by atoms with E-state index in [2.05, 4.69) is 15.6 Å². The predicted molar refractivity (Wildman–Crippen MR) is 35.4 cm³/mol. The van der Waals surface area contributed by atoms with Gasteiger partial charge in [0.2, 0.25) is 0 Å². The van der Waals surface area contributed by atoms with E-state index in [1.807, 2.05) is 0 Å². The Labute approximate surface area is 71.4 Å². The Hall–Kier alpha value is -0.720. The van der Waals surface area contributed by atoms with Crippen LogP contribution >= 0.6 is 23.2 Å². The van der Waals surface area contributed by atoms with Gasteiger partial charge < -0.3 is 9.68 Å². The second-order valence-corrected chi connectivity index (χ2v) is 2.33.